The average molecular weight is 410 g/mol. The van der Waals surface area contributed by atoms with E-state index in [4.69, 9.17) is 0 Å². The van der Waals surface area contributed by atoms with Crippen LogP contribution in [-0.4, -0.2) is 26.4 Å². The SMILES string of the molecule is Cc1ccc(C2(S(=O)(=O)c3ccc(F)cc3)CCN(Cc3ccccc3)C2)cc1. The van der Waals surface area contributed by atoms with E-state index in [0.717, 1.165) is 16.7 Å². The van der Waals surface area contributed by atoms with Gasteiger partial charge in [0.05, 0.1) is 4.90 Å². The minimum atomic E-state index is -3.72. The smallest absolute Gasteiger partial charge is 0.189 e. The number of aryl methyl sites for hydroxylation is 1. The molecule has 29 heavy (non-hydrogen) atoms. The maximum absolute atomic E-state index is 13.8. The van der Waals surface area contributed by atoms with E-state index in [1.807, 2.05) is 49.4 Å². The van der Waals surface area contributed by atoms with Crippen molar-refractivity contribution in [3.05, 3.63) is 101 Å². The molecule has 3 aromatic carbocycles. The van der Waals surface area contributed by atoms with Gasteiger partial charge in [0.2, 0.25) is 0 Å². The minimum absolute atomic E-state index is 0.168. The van der Waals surface area contributed by atoms with Crippen LogP contribution >= 0.6 is 0 Å². The summed E-state index contributed by atoms with van der Waals surface area (Å²) in [5, 5.41) is 0. The van der Waals surface area contributed by atoms with Crippen LogP contribution < -0.4 is 0 Å². The summed E-state index contributed by atoms with van der Waals surface area (Å²) in [6.07, 6.45) is 0.503. The van der Waals surface area contributed by atoms with Gasteiger partial charge in [0.1, 0.15) is 10.6 Å². The van der Waals surface area contributed by atoms with Crippen molar-refractivity contribution in [3.8, 4) is 0 Å². The van der Waals surface area contributed by atoms with Crippen LogP contribution in [0.15, 0.2) is 83.8 Å². The molecular formula is C24H24FNO2S. The summed E-state index contributed by atoms with van der Waals surface area (Å²) in [5.74, 6) is -0.439. The van der Waals surface area contributed by atoms with Crippen LogP contribution in [0.25, 0.3) is 0 Å². The molecule has 1 heterocycles. The van der Waals surface area contributed by atoms with Gasteiger partial charge in [-0.2, -0.15) is 0 Å². The van der Waals surface area contributed by atoms with Crippen LogP contribution in [0.1, 0.15) is 23.1 Å². The lowest BCUT2D eigenvalue weighted by Crippen LogP contribution is -2.39. The lowest BCUT2D eigenvalue weighted by molar-refractivity contribution is 0.320. The van der Waals surface area contributed by atoms with Gasteiger partial charge in [-0.15, -0.1) is 0 Å². The maximum Gasteiger partial charge on any atom is 0.189 e. The third kappa shape index (κ3) is 3.72. The minimum Gasteiger partial charge on any atom is -0.297 e. The molecular weight excluding hydrogens is 385 g/mol. The van der Waals surface area contributed by atoms with E-state index in [1.165, 1.54) is 24.3 Å². The molecule has 0 spiro atoms. The Hall–Kier alpha value is -2.50. The number of hydrogen-bond acceptors (Lipinski definition) is 3. The summed E-state index contributed by atoms with van der Waals surface area (Å²) in [6, 6.07) is 23.0. The van der Waals surface area contributed by atoms with Crippen molar-refractivity contribution in [2.45, 2.75) is 29.5 Å². The van der Waals surface area contributed by atoms with Crippen molar-refractivity contribution in [2.75, 3.05) is 13.1 Å². The zero-order chi connectivity index (χ0) is 20.5. The number of rotatable bonds is 5. The predicted octanol–water partition coefficient (Wildman–Crippen LogP) is 4.71. The van der Waals surface area contributed by atoms with Gasteiger partial charge in [0, 0.05) is 19.6 Å². The summed E-state index contributed by atoms with van der Waals surface area (Å²) in [6.45, 7) is 3.78. The second-order valence-electron chi connectivity index (χ2n) is 7.76. The fourth-order valence-electron chi connectivity index (χ4n) is 4.14. The molecule has 0 radical (unpaired) electrons. The molecule has 0 aromatic heterocycles. The van der Waals surface area contributed by atoms with Gasteiger partial charge in [0.15, 0.2) is 9.84 Å². The Morgan fingerprint density at radius 3 is 2.24 bits per heavy atom. The zero-order valence-electron chi connectivity index (χ0n) is 16.4. The molecule has 1 aliphatic rings. The van der Waals surface area contributed by atoms with Gasteiger partial charge < -0.3 is 0 Å². The number of halogens is 1. The molecule has 4 rings (SSSR count). The molecule has 1 fully saturated rings. The van der Waals surface area contributed by atoms with Gasteiger partial charge in [-0.3, -0.25) is 4.90 Å². The van der Waals surface area contributed by atoms with Gasteiger partial charge in [0.25, 0.3) is 0 Å². The third-order valence-corrected chi connectivity index (χ3v) is 8.27. The number of nitrogens with zero attached hydrogens (tertiary/aromatic N) is 1. The van der Waals surface area contributed by atoms with Crippen molar-refractivity contribution in [1.29, 1.82) is 0 Å². The van der Waals surface area contributed by atoms with Gasteiger partial charge >= 0.3 is 0 Å². The quantitative estimate of drug-likeness (QED) is 0.573. The van der Waals surface area contributed by atoms with Crippen LogP contribution in [0.2, 0.25) is 0 Å². The molecule has 3 aromatic rings. The van der Waals surface area contributed by atoms with E-state index < -0.39 is 20.4 Å². The summed E-state index contributed by atoms with van der Waals surface area (Å²) in [5.41, 5.74) is 3.04. The highest BCUT2D eigenvalue weighted by Gasteiger charge is 2.50. The van der Waals surface area contributed by atoms with E-state index in [9.17, 15) is 12.8 Å². The van der Waals surface area contributed by atoms with Crippen molar-refractivity contribution in [3.63, 3.8) is 0 Å². The van der Waals surface area contributed by atoms with Crippen LogP contribution in [0.3, 0.4) is 0 Å². The molecule has 3 nitrogen and oxygen atoms in total. The maximum atomic E-state index is 13.8. The number of likely N-dealkylation sites (tertiary alicyclic amines) is 1. The molecule has 1 unspecified atom stereocenters. The highest BCUT2D eigenvalue weighted by molar-refractivity contribution is 7.92. The first-order valence-electron chi connectivity index (χ1n) is 9.74. The van der Waals surface area contributed by atoms with Crippen LogP contribution in [0.5, 0.6) is 0 Å². The lowest BCUT2D eigenvalue weighted by atomic mass is 9.96. The van der Waals surface area contributed by atoms with Crippen molar-refractivity contribution >= 4 is 9.84 Å². The first kappa shape index (κ1) is 19.8. The Morgan fingerprint density at radius 2 is 1.59 bits per heavy atom. The van der Waals surface area contributed by atoms with Crippen molar-refractivity contribution in [2.24, 2.45) is 0 Å². The Bertz CT molecular complexity index is 1080. The van der Waals surface area contributed by atoms with E-state index in [2.05, 4.69) is 17.0 Å². The number of sulfone groups is 1. The lowest BCUT2D eigenvalue weighted by Gasteiger charge is -2.30. The molecule has 0 amide bonds. The fourth-order valence-corrected chi connectivity index (χ4v) is 6.25. The molecule has 0 aliphatic carbocycles. The molecule has 5 heteroatoms. The predicted molar refractivity (Wildman–Crippen MR) is 113 cm³/mol. The fraction of sp³-hybridized carbons (Fsp3) is 0.250. The second-order valence-corrected chi connectivity index (χ2v) is 10.0. The van der Waals surface area contributed by atoms with Crippen molar-refractivity contribution in [1.82, 2.24) is 4.90 Å². The summed E-state index contributed by atoms with van der Waals surface area (Å²) < 4.78 is 40.0. The summed E-state index contributed by atoms with van der Waals surface area (Å²) >= 11 is 0. The Kier molecular flexibility index (Phi) is 5.28. The topological polar surface area (TPSA) is 37.4 Å². The third-order valence-electron chi connectivity index (χ3n) is 5.78. The zero-order valence-corrected chi connectivity index (χ0v) is 17.2. The molecule has 150 valence electrons. The first-order valence-corrected chi connectivity index (χ1v) is 11.2. The van der Waals surface area contributed by atoms with E-state index in [0.29, 0.717) is 26.1 Å². The highest BCUT2D eigenvalue weighted by Crippen LogP contribution is 2.43. The molecule has 1 atom stereocenters. The highest BCUT2D eigenvalue weighted by atomic mass is 32.2. The average Bonchev–Trinajstić information content (AvgIpc) is 3.15. The standard InChI is InChI=1S/C24H24FNO2S/c1-19-7-9-21(10-8-19)24(29(27,28)23-13-11-22(25)12-14-23)15-16-26(18-24)17-20-5-3-2-4-6-20/h2-14H,15-18H2,1H3. The van der Waals surface area contributed by atoms with Crippen molar-refractivity contribution < 1.29 is 12.8 Å². The van der Waals surface area contributed by atoms with E-state index >= 15 is 0 Å². The van der Waals surface area contributed by atoms with Gasteiger partial charge in [-0.05, 0) is 48.7 Å². The second kappa shape index (κ2) is 7.73. The summed E-state index contributed by atoms with van der Waals surface area (Å²) in [7, 11) is -3.72. The molecule has 0 N–H and O–H groups in total. The summed E-state index contributed by atoms with van der Waals surface area (Å²) in [4.78, 5) is 2.36. The first-order chi connectivity index (χ1) is 13.9. The van der Waals surface area contributed by atoms with E-state index in [1.54, 1.807) is 0 Å². The van der Waals surface area contributed by atoms with Gasteiger partial charge in [-0.25, -0.2) is 12.8 Å². The number of benzene rings is 3. The van der Waals surface area contributed by atoms with Crippen LogP contribution in [0.4, 0.5) is 4.39 Å². The number of hydrogen-bond donors (Lipinski definition) is 0. The molecule has 0 saturated carbocycles. The Morgan fingerprint density at radius 1 is 0.931 bits per heavy atom. The Balaban J connectivity index is 1.75. The molecule has 0 bridgehead atoms. The normalized spacial score (nSPS) is 20.1. The van der Waals surface area contributed by atoms with Crippen LogP contribution in [-0.2, 0) is 21.1 Å². The van der Waals surface area contributed by atoms with E-state index in [-0.39, 0.29) is 4.90 Å². The largest absolute Gasteiger partial charge is 0.297 e. The van der Waals surface area contributed by atoms with Gasteiger partial charge in [-0.1, -0.05) is 60.2 Å². The monoisotopic (exact) mass is 409 g/mol. The molecule has 1 aliphatic heterocycles. The van der Waals surface area contributed by atoms with Crippen LogP contribution in [0, 0.1) is 12.7 Å². The Labute approximate surface area is 171 Å². The molecule has 1 saturated heterocycles.